The summed E-state index contributed by atoms with van der Waals surface area (Å²) in [6, 6.07) is 11.8. The molecule has 2 amide bonds. The molecule has 1 aromatic carbocycles. The molecular formula is C21H23N3O5. The molecule has 1 aliphatic rings. The predicted molar refractivity (Wildman–Crippen MR) is 105 cm³/mol. The van der Waals surface area contributed by atoms with E-state index in [1.807, 2.05) is 30.3 Å². The Morgan fingerprint density at radius 1 is 1.10 bits per heavy atom. The number of rotatable bonds is 8. The molecule has 3 N–H and O–H groups in total. The lowest BCUT2D eigenvalue weighted by Gasteiger charge is -2.22. The number of pyridine rings is 1. The van der Waals surface area contributed by atoms with E-state index in [2.05, 4.69) is 15.6 Å². The van der Waals surface area contributed by atoms with Gasteiger partial charge in [0.2, 0.25) is 11.5 Å². The highest BCUT2D eigenvalue weighted by Gasteiger charge is 2.50. The number of hydrogen-bond donors (Lipinski definition) is 3. The Labute approximate surface area is 167 Å². The minimum atomic E-state index is -0.912. The van der Waals surface area contributed by atoms with Crippen LogP contribution in [0.5, 0.6) is 0 Å². The molecular weight excluding hydrogens is 374 g/mol. The van der Waals surface area contributed by atoms with Gasteiger partial charge in [-0.1, -0.05) is 36.4 Å². The highest BCUT2D eigenvalue weighted by Crippen LogP contribution is 2.29. The number of carbonyl (C=O) groups excluding carboxylic acids is 3. The predicted octanol–water partition coefficient (Wildman–Crippen LogP) is 0.579. The van der Waals surface area contributed by atoms with Gasteiger partial charge in [-0.05, 0) is 31.9 Å². The van der Waals surface area contributed by atoms with Crippen molar-refractivity contribution < 1.29 is 19.1 Å². The van der Waals surface area contributed by atoms with Gasteiger partial charge in [0.15, 0.2) is 5.78 Å². The van der Waals surface area contributed by atoms with Crippen LogP contribution < -0.4 is 16.2 Å². The van der Waals surface area contributed by atoms with Gasteiger partial charge in [-0.2, -0.15) is 0 Å². The van der Waals surface area contributed by atoms with Crippen LogP contribution in [0.1, 0.15) is 29.9 Å². The van der Waals surface area contributed by atoms with Gasteiger partial charge in [-0.15, -0.1) is 0 Å². The Bertz CT molecular complexity index is 966. The number of aromatic nitrogens is 1. The van der Waals surface area contributed by atoms with Crippen LogP contribution in [0.25, 0.3) is 0 Å². The number of H-pyrrole nitrogens is 1. The first-order valence-electron chi connectivity index (χ1n) is 9.31. The summed E-state index contributed by atoms with van der Waals surface area (Å²) in [7, 11) is 0. The molecule has 152 valence electrons. The number of ketones is 1. The van der Waals surface area contributed by atoms with E-state index in [1.54, 1.807) is 6.92 Å². The Morgan fingerprint density at radius 3 is 2.41 bits per heavy atom. The molecule has 29 heavy (non-hydrogen) atoms. The van der Waals surface area contributed by atoms with Gasteiger partial charge in [0, 0.05) is 6.07 Å². The van der Waals surface area contributed by atoms with Gasteiger partial charge in [-0.3, -0.25) is 19.2 Å². The zero-order chi connectivity index (χ0) is 21.0. The number of aromatic amines is 1. The maximum atomic E-state index is 12.8. The number of hydrogen-bond acceptors (Lipinski definition) is 5. The summed E-state index contributed by atoms with van der Waals surface area (Å²) in [6.45, 7) is 3.52. The van der Waals surface area contributed by atoms with E-state index in [9.17, 15) is 19.2 Å². The first-order valence-corrected chi connectivity index (χ1v) is 9.31. The van der Waals surface area contributed by atoms with E-state index in [1.165, 1.54) is 25.1 Å². The number of nitrogens with one attached hydrogen (secondary N) is 3. The molecule has 3 unspecified atom stereocenters. The van der Waals surface area contributed by atoms with Crippen LogP contribution in [0, 0.1) is 0 Å². The molecule has 0 saturated carbocycles. The van der Waals surface area contributed by atoms with Gasteiger partial charge in [0.25, 0.3) is 5.91 Å². The van der Waals surface area contributed by atoms with Crippen LogP contribution in [-0.2, 0) is 20.7 Å². The van der Waals surface area contributed by atoms with Crippen molar-refractivity contribution in [2.24, 2.45) is 0 Å². The van der Waals surface area contributed by atoms with Gasteiger partial charge >= 0.3 is 0 Å². The number of carbonyl (C=O) groups is 3. The van der Waals surface area contributed by atoms with Crippen LogP contribution >= 0.6 is 0 Å². The van der Waals surface area contributed by atoms with Crippen LogP contribution in [0.2, 0.25) is 0 Å². The van der Waals surface area contributed by atoms with E-state index in [4.69, 9.17) is 4.74 Å². The summed E-state index contributed by atoms with van der Waals surface area (Å²) in [4.78, 5) is 51.4. The maximum Gasteiger partial charge on any atom is 0.268 e. The SMILES string of the molecule is CC(NC(=O)c1cccc(=O)[nH]1)C(=O)NC(Cc1ccccc1)C(=O)C1(C)CO1. The molecule has 0 spiro atoms. The van der Waals surface area contributed by atoms with Crippen molar-refractivity contribution in [3.05, 3.63) is 70.1 Å². The smallest absolute Gasteiger partial charge is 0.268 e. The first-order chi connectivity index (χ1) is 13.8. The van der Waals surface area contributed by atoms with Crippen LogP contribution in [0.4, 0.5) is 0 Å². The zero-order valence-electron chi connectivity index (χ0n) is 16.2. The fourth-order valence-electron chi connectivity index (χ4n) is 2.90. The van der Waals surface area contributed by atoms with Gasteiger partial charge in [0.05, 0.1) is 12.6 Å². The lowest BCUT2D eigenvalue weighted by molar-refractivity contribution is -0.131. The van der Waals surface area contributed by atoms with Crippen molar-refractivity contribution in [3.8, 4) is 0 Å². The summed E-state index contributed by atoms with van der Waals surface area (Å²) in [6.07, 6.45) is 0.317. The fourth-order valence-corrected chi connectivity index (χ4v) is 2.90. The standard InChI is InChI=1S/C21H23N3O5/c1-13(22-20(28)15-9-6-10-17(25)23-15)19(27)24-16(18(26)21(2)12-29-21)11-14-7-4-3-5-8-14/h3-10,13,16H,11-12H2,1-2H3,(H,22,28)(H,23,25)(H,24,27). The van der Waals surface area contributed by atoms with E-state index < -0.39 is 35.1 Å². The lowest BCUT2D eigenvalue weighted by atomic mass is 9.94. The van der Waals surface area contributed by atoms with E-state index in [0.717, 1.165) is 5.56 Å². The molecule has 2 aromatic rings. The number of Topliss-reactive ketones (excluding diaryl/α,β-unsaturated/α-hetero) is 1. The highest BCUT2D eigenvalue weighted by atomic mass is 16.6. The molecule has 3 atom stereocenters. The van der Waals surface area contributed by atoms with Crippen molar-refractivity contribution in [1.82, 2.24) is 15.6 Å². The van der Waals surface area contributed by atoms with Crippen molar-refractivity contribution in [2.75, 3.05) is 6.61 Å². The number of epoxide rings is 1. The molecule has 1 saturated heterocycles. The molecule has 2 heterocycles. The molecule has 1 aromatic heterocycles. The molecule has 1 fully saturated rings. The van der Waals surface area contributed by atoms with Crippen LogP contribution in [-0.4, -0.2) is 46.9 Å². The van der Waals surface area contributed by atoms with E-state index in [0.29, 0.717) is 13.0 Å². The van der Waals surface area contributed by atoms with Crippen LogP contribution in [0.3, 0.4) is 0 Å². The number of ether oxygens (including phenoxy) is 1. The Kier molecular flexibility index (Phi) is 5.93. The summed E-state index contributed by atoms with van der Waals surface area (Å²) in [5, 5.41) is 5.25. The molecule has 0 aliphatic carbocycles. The monoisotopic (exact) mass is 397 g/mol. The van der Waals surface area contributed by atoms with Gasteiger partial charge < -0.3 is 20.4 Å². The van der Waals surface area contributed by atoms with Crippen LogP contribution in [0.15, 0.2) is 53.3 Å². The summed E-state index contributed by atoms with van der Waals surface area (Å²) in [5.41, 5.74) is -0.356. The lowest BCUT2D eigenvalue weighted by Crippen LogP contribution is -2.53. The van der Waals surface area contributed by atoms with Crippen molar-refractivity contribution in [3.63, 3.8) is 0 Å². The van der Waals surface area contributed by atoms with Crippen molar-refractivity contribution >= 4 is 17.6 Å². The number of benzene rings is 1. The molecule has 0 radical (unpaired) electrons. The van der Waals surface area contributed by atoms with Crippen molar-refractivity contribution in [1.29, 1.82) is 0 Å². The third kappa shape index (κ3) is 5.17. The normalized spacial score (nSPS) is 19.7. The summed E-state index contributed by atoms with van der Waals surface area (Å²) in [5.74, 6) is -1.30. The molecule has 8 heteroatoms. The Balaban J connectivity index is 1.67. The first kappa shape index (κ1) is 20.5. The Morgan fingerprint density at radius 2 is 1.79 bits per heavy atom. The van der Waals surface area contributed by atoms with E-state index in [-0.39, 0.29) is 11.5 Å². The molecule has 0 bridgehead atoms. The van der Waals surface area contributed by atoms with Crippen molar-refractivity contribution in [2.45, 2.75) is 38.0 Å². The molecule has 1 aliphatic heterocycles. The average molecular weight is 397 g/mol. The minimum Gasteiger partial charge on any atom is -0.361 e. The fraction of sp³-hybridized carbons (Fsp3) is 0.333. The second kappa shape index (κ2) is 8.40. The molecule has 3 rings (SSSR count). The van der Waals surface area contributed by atoms with Gasteiger partial charge in [0.1, 0.15) is 17.3 Å². The minimum absolute atomic E-state index is 0.0490. The summed E-state index contributed by atoms with van der Waals surface area (Å²) < 4.78 is 5.25. The Hall–Kier alpha value is -3.26. The largest absolute Gasteiger partial charge is 0.361 e. The second-order valence-corrected chi connectivity index (χ2v) is 7.26. The number of amides is 2. The maximum absolute atomic E-state index is 12.8. The topological polar surface area (TPSA) is 121 Å². The average Bonchev–Trinajstić information content (AvgIpc) is 3.46. The third-order valence-electron chi connectivity index (χ3n) is 4.77. The van der Waals surface area contributed by atoms with Gasteiger partial charge in [-0.25, -0.2) is 0 Å². The summed E-state index contributed by atoms with van der Waals surface area (Å²) >= 11 is 0. The highest BCUT2D eigenvalue weighted by molar-refractivity contribution is 5.99. The molecule has 8 nitrogen and oxygen atoms in total. The zero-order valence-corrected chi connectivity index (χ0v) is 16.2. The third-order valence-corrected chi connectivity index (χ3v) is 4.77. The second-order valence-electron chi connectivity index (χ2n) is 7.26. The van der Waals surface area contributed by atoms with E-state index >= 15 is 0 Å². The quantitative estimate of drug-likeness (QED) is 0.563.